The number of alkyl halides is 2. The highest BCUT2D eigenvalue weighted by Gasteiger charge is 2.28. The summed E-state index contributed by atoms with van der Waals surface area (Å²) in [6, 6.07) is 6.34. The van der Waals surface area contributed by atoms with Gasteiger partial charge < -0.3 is 20.7 Å². The molecule has 1 aliphatic heterocycles. The molecule has 6 nitrogen and oxygen atoms in total. The number of amides is 2. The second-order valence-electron chi connectivity index (χ2n) is 6.24. The van der Waals surface area contributed by atoms with Crippen molar-refractivity contribution in [1.29, 1.82) is 0 Å². The Morgan fingerprint density at radius 2 is 2.04 bits per heavy atom. The lowest BCUT2D eigenvalue weighted by Crippen LogP contribution is -3.15. The van der Waals surface area contributed by atoms with Gasteiger partial charge in [-0.25, -0.2) is 0 Å². The number of carbonyl (C=O) groups excluding carboxylic acids is 2. The van der Waals surface area contributed by atoms with Gasteiger partial charge in [0.1, 0.15) is 5.75 Å². The van der Waals surface area contributed by atoms with E-state index in [0.29, 0.717) is 26.1 Å². The molecule has 0 aromatic heterocycles. The number of ether oxygens (including phenoxy) is 1. The Hall–Kier alpha value is -2.22. The second kappa shape index (κ2) is 9.31. The van der Waals surface area contributed by atoms with Crippen molar-refractivity contribution >= 4 is 11.8 Å². The van der Waals surface area contributed by atoms with Crippen LogP contribution in [0.1, 0.15) is 18.4 Å². The van der Waals surface area contributed by atoms with Crippen molar-refractivity contribution in [3.8, 4) is 5.75 Å². The molecular weight excluding hydrogens is 332 g/mol. The van der Waals surface area contributed by atoms with E-state index < -0.39 is 6.61 Å². The number of hydrogen-bond acceptors (Lipinski definition) is 3. The molecule has 1 aromatic rings. The number of nitrogens with one attached hydrogen (secondary N) is 2. The summed E-state index contributed by atoms with van der Waals surface area (Å²) in [6.07, 6.45) is 2.29. The van der Waals surface area contributed by atoms with Gasteiger partial charge in [-0.3, -0.25) is 9.59 Å². The van der Waals surface area contributed by atoms with Crippen molar-refractivity contribution in [2.45, 2.75) is 25.9 Å². The van der Waals surface area contributed by atoms with Gasteiger partial charge in [0.25, 0.3) is 5.91 Å². The van der Waals surface area contributed by atoms with Crippen LogP contribution in [-0.2, 0) is 16.0 Å². The van der Waals surface area contributed by atoms with Gasteiger partial charge in [-0.2, -0.15) is 8.78 Å². The molecule has 2 amide bonds. The van der Waals surface area contributed by atoms with E-state index in [4.69, 9.17) is 5.73 Å². The van der Waals surface area contributed by atoms with Crippen molar-refractivity contribution in [2.75, 3.05) is 26.2 Å². The summed E-state index contributed by atoms with van der Waals surface area (Å²) in [5.74, 6) is -0.402. The number of halogens is 2. The molecule has 1 unspecified atom stereocenters. The summed E-state index contributed by atoms with van der Waals surface area (Å²) >= 11 is 0. The highest BCUT2D eigenvalue weighted by atomic mass is 19.3. The van der Waals surface area contributed by atoms with Gasteiger partial charge in [-0.15, -0.1) is 0 Å². The Bertz CT molecular complexity index is 581. The van der Waals surface area contributed by atoms with Crippen LogP contribution in [0.4, 0.5) is 8.78 Å². The minimum atomic E-state index is -2.84. The van der Waals surface area contributed by atoms with Gasteiger partial charge in [-0.05, 0) is 37.0 Å². The third-order valence-electron chi connectivity index (χ3n) is 4.32. The standard InChI is InChI=1S/C17H23F2N3O3/c18-17(19)25-14-5-3-12(4-6-14)7-8-21-15(23)11-22-9-1-2-13(10-22)16(20)24/h3-6,13,17H,1-2,7-11H2,(H2,20,24)(H,21,23)/p+1/t13-/m0/s1. The van der Waals surface area contributed by atoms with E-state index in [1.165, 1.54) is 12.1 Å². The fourth-order valence-corrected chi connectivity index (χ4v) is 3.03. The maximum absolute atomic E-state index is 12.1. The summed E-state index contributed by atoms with van der Waals surface area (Å²) in [7, 11) is 0. The van der Waals surface area contributed by atoms with E-state index in [2.05, 4.69) is 10.1 Å². The highest BCUT2D eigenvalue weighted by molar-refractivity contribution is 5.77. The first kappa shape index (κ1) is 19.1. The van der Waals surface area contributed by atoms with E-state index >= 15 is 0 Å². The first-order valence-electron chi connectivity index (χ1n) is 8.37. The summed E-state index contributed by atoms with van der Waals surface area (Å²) in [4.78, 5) is 24.3. The Kier molecular flexibility index (Phi) is 7.12. The van der Waals surface area contributed by atoms with Crippen molar-refractivity contribution in [1.82, 2.24) is 5.32 Å². The van der Waals surface area contributed by atoms with E-state index in [-0.39, 0.29) is 23.5 Å². The highest BCUT2D eigenvalue weighted by Crippen LogP contribution is 2.14. The molecule has 0 bridgehead atoms. The third kappa shape index (κ3) is 6.66. The number of quaternary nitrogens is 1. The van der Waals surface area contributed by atoms with Gasteiger partial charge in [0.05, 0.1) is 19.0 Å². The lowest BCUT2D eigenvalue weighted by Gasteiger charge is -2.27. The van der Waals surface area contributed by atoms with E-state index in [1.807, 2.05) is 0 Å². The summed E-state index contributed by atoms with van der Waals surface area (Å²) in [5.41, 5.74) is 6.26. The van der Waals surface area contributed by atoms with Gasteiger partial charge in [0, 0.05) is 6.54 Å². The maximum Gasteiger partial charge on any atom is 0.387 e. The Balaban J connectivity index is 1.69. The van der Waals surface area contributed by atoms with E-state index in [0.717, 1.165) is 29.8 Å². The first-order chi connectivity index (χ1) is 11.9. The molecular formula is C17H24F2N3O3+. The van der Waals surface area contributed by atoms with Crippen LogP contribution in [0.3, 0.4) is 0 Å². The van der Waals surface area contributed by atoms with Crippen LogP contribution < -0.4 is 20.7 Å². The van der Waals surface area contributed by atoms with Crippen molar-refractivity contribution in [3.63, 3.8) is 0 Å². The predicted molar refractivity (Wildman–Crippen MR) is 87.3 cm³/mol. The Morgan fingerprint density at radius 1 is 1.32 bits per heavy atom. The zero-order valence-corrected chi connectivity index (χ0v) is 14.0. The molecule has 0 radical (unpaired) electrons. The molecule has 1 heterocycles. The average molecular weight is 356 g/mol. The summed E-state index contributed by atoms with van der Waals surface area (Å²) in [6.45, 7) is -0.584. The van der Waals surface area contributed by atoms with Crippen molar-refractivity contribution in [3.05, 3.63) is 29.8 Å². The molecule has 2 rings (SSSR count). The number of primary amides is 1. The molecule has 0 aliphatic carbocycles. The number of benzene rings is 1. The average Bonchev–Trinajstić information content (AvgIpc) is 2.56. The first-order valence-corrected chi connectivity index (χ1v) is 8.37. The van der Waals surface area contributed by atoms with E-state index in [1.54, 1.807) is 12.1 Å². The number of carbonyl (C=O) groups is 2. The quantitative estimate of drug-likeness (QED) is 0.599. The second-order valence-corrected chi connectivity index (χ2v) is 6.24. The molecule has 4 N–H and O–H groups in total. The normalized spacial score (nSPS) is 20.3. The molecule has 25 heavy (non-hydrogen) atoms. The maximum atomic E-state index is 12.1. The predicted octanol–water partition coefficient (Wildman–Crippen LogP) is -0.273. The Morgan fingerprint density at radius 3 is 2.68 bits per heavy atom. The van der Waals surface area contributed by atoms with Crippen LogP contribution in [0, 0.1) is 5.92 Å². The number of likely N-dealkylation sites (tertiary alicyclic amines) is 1. The molecule has 0 spiro atoms. The lowest BCUT2D eigenvalue weighted by molar-refractivity contribution is -0.899. The zero-order chi connectivity index (χ0) is 18.2. The van der Waals surface area contributed by atoms with E-state index in [9.17, 15) is 18.4 Å². The molecule has 1 fully saturated rings. The smallest absolute Gasteiger partial charge is 0.387 e. The van der Waals surface area contributed by atoms with Gasteiger partial charge in [-0.1, -0.05) is 12.1 Å². The fraction of sp³-hybridized carbons (Fsp3) is 0.529. The molecule has 2 atom stereocenters. The van der Waals surface area contributed by atoms with Crippen LogP contribution in [-0.4, -0.2) is 44.6 Å². The van der Waals surface area contributed by atoms with Crippen molar-refractivity contribution < 1.29 is 28.0 Å². The number of rotatable bonds is 8. The molecule has 138 valence electrons. The number of nitrogens with two attached hydrogens (primary N) is 1. The monoisotopic (exact) mass is 356 g/mol. The SMILES string of the molecule is NC(=O)[C@H]1CCC[NH+](CC(=O)NCCc2ccc(OC(F)F)cc2)C1. The fourth-order valence-electron chi connectivity index (χ4n) is 3.03. The van der Waals surface area contributed by atoms with Crippen LogP contribution in [0.2, 0.25) is 0 Å². The molecule has 1 aliphatic rings. The minimum absolute atomic E-state index is 0.0715. The van der Waals surface area contributed by atoms with Crippen LogP contribution in [0.5, 0.6) is 5.75 Å². The molecule has 1 aromatic carbocycles. The van der Waals surface area contributed by atoms with Gasteiger partial charge >= 0.3 is 6.61 Å². The summed E-state index contributed by atoms with van der Waals surface area (Å²) in [5, 5.41) is 2.84. The van der Waals surface area contributed by atoms with Crippen LogP contribution in [0.15, 0.2) is 24.3 Å². The largest absolute Gasteiger partial charge is 0.435 e. The number of piperidine rings is 1. The lowest BCUT2D eigenvalue weighted by atomic mass is 9.97. The third-order valence-corrected chi connectivity index (χ3v) is 4.32. The topological polar surface area (TPSA) is 85.9 Å². The molecule has 8 heteroatoms. The summed E-state index contributed by atoms with van der Waals surface area (Å²) < 4.78 is 28.4. The van der Waals surface area contributed by atoms with Gasteiger partial charge in [0.15, 0.2) is 6.54 Å². The zero-order valence-electron chi connectivity index (χ0n) is 14.0. The Labute approximate surface area is 145 Å². The van der Waals surface area contributed by atoms with Crippen LogP contribution >= 0.6 is 0 Å². The molecule has 1 saturated heterocycles. The number of hydrogen-bond donors (Lipinski definition) is 3. The van der Waals surface area contributed by atoms with Crippen molar-refractivity contribution in [2.24, 2.45) is 11.7 Å². The minimum Gasteiger partial charge on any atom is -0.435 e. The van der Waals surface area contributed by atoms with Crippen LogP contribution in [0.25, 0.3) is 0 Å². The molecule has 0 saturated carbocycles. The van der Waals surface area contributed by atoms with Gasteiger partial charge in [0.2, 0.25) is 5.91 Å².